The van der Waals surface area contributed by atoms with Crippen LogP contribution in [-0.4, -0.2) is 31.5 Å². The van der Waals surface area contributed by atoms with E-state index in [9.17, 15) is 9.90 Å². The zero-order valence-corrected chi connectivity index (χ0v) is 16.7. The van der Waals surface area contributed by atoms with Crippen LogP contribution in [0.4, 0.5) is 5.69 Å². The predicted octanol–water partition coefficient (Wildman–Crippen LogP) is 4.55. The maximum atomic E-state index is 12.5. The van der Waals surface area contributed by atoms with Crippen LogP contribution in [0.3, 0.4) is 0 Å². The van der Waals surface area contributed by atoms with Gasteiger partial charge in [0.2, 0.25) is 5.91 Å². The topological polar surface area (TPSA) is 80.0 Å². The van der Waals surface area contributed by atoms with Gasteiger partial charge in [0.05, 0.1) is 11.3 Å². The molecule has 0 unspecified atom stereocenters. The van der Waals surface area contributed by atoms with Crippen molar-refractivity contribution in [1.82, 2.24) is 14.8 Å². The highest BCUT2D eigenvalue weighted by molar-refractivity contribution is 7.99. The average Bonchev–Trinajstić information content (AvgIpc) is 3.15. The van der Waals surface area contributed by atoms with Gasteiger partial charge in [-0.05, 0) is 30.5 Å². The van der Waals surface area contributed by atoms with Gasteiger partial charge in [-0.2, -0.15) is 0 Å². The van der Waals surface area contributed by atoms with Crippen LogP contribution < -0.4 is 5.32 Å². The number of hydrogen-bond donors (Lipinski definition) is 2. The quantitative estimate of drug-likeness (QED) is 0.461. The number of rotatable bonds is 6. The summed E-state index contributed by atoms with van der Waals surface area (Å²) in [5, 5.41) is 24.3. The number of hydrogen-bond acceptors (Lipinski definition) is 5. The highest BCUT2D eigenvalue weighted by atomic mass is 32.2. The number of aromatic nitrogens is 3. The van der Waals surface area contributed by atoms with E-state index in [-0.39, 0.29) is 17.4 Å². The Bertz CT molecular complexity index is 1170. The van der Waals surface area contributed by atoms with Crippen molar-refractivity contribution in [3.05, 3.63) is 66.7 Å². The molecule has 0 saturated heterocycles. The van der Waals surface area contributed by atoms with Gasteiger partial charge >= 0.3 is 0 Å². The largest absolute Gasteiger partial charge is 0.507 e. The molecule has 0 aliphatic heterocycles. The molecule has 0 fully saturated rings. The molecular formula is C22H20N4O2S. The molecule has 0 bridgehead atoms. The van der Waals surface area contributed by atoms with E-state index in [4.69, 9.17) is 0 Å². The van der Waals surface area contributed by atoms with Crippen LogP contribution in [0.1, 0.15) is 6.92 Å². The molecule has 1 heterocycles. The third-order valence-corrected chi connectivity index (χ3v) is 5.54. The minimum Gasteiger partial charge on any atom is -0.507 e. The first-order valence-corrected chi connectivity index (χ1v) is 10.3. The fourth-order valence-corrected chi connectivity index (χ4v) is 4.00. The number of phenols is 1. The second-order valence-electron chi connectivity index (χ2n) is 6.43. The van der Waals surface area contributed by atoms with Crippen LogP contribution in [0.5, 0.6) is 5.75 Å². The molecule has 0 saturated carbocycles. The molecule has 29 heavy (non-hydrogen) atoms. The molecule has 1 aromatic heterocycles. The van der Waals surface area contributed by atoms with E-state index >= 15 is 0 Å². The molecule has 0 radical (unpaired) electrons. The van der Waals surface area contributed by atoms with Gasteiger partial charge in [0.1, 0.15) is 5.75 Å². The Morgan fingerprint density at radius 2 is 1.79 bits per heavy atom. The lowest BCUT2D eigenvalue weighted by Crippen LogP contribution is -2.15. The second-order valence-corrected chi connectivity index (χ2v) is 7.37. The smallest absolute Gasteiger partial charge is 0.234 e. The zero-order chi connectivity index (χ0) is 20.2. The lowest BCUT2D eigenvalue weighted by atomic mass is 10.1. The normalized spacial score (nSPS) is 10.9. The van der Waals surface area contributed by atoms with Crippen molar-refractivity contribution >= 4 is 34.1 Å². The maximum Gasteiger partial charge on any atom is 0.234 e. The summed E-state index contributed by atoms with van der Waals surface area (Å²) in [6, 6.07) is 20.8. The van der Waals surface area contributed by atoms with Gasteiger partial charge in [-0.1, -0.05) is 60.3 Å². The summed E-state index contributed by atoms with van der Waals surface area (Å²) in [6.45, 7) is 2.61. The number of nitrogens with zero attached hydrogens (tertiary/aromatic N) is 3. The zero-order valence-electron chi connectivity index (χ0n) is 15.9. The first-order valence-electron chi connectivity index (χ1n) is 9.29. The number of benzene rings is 3. The molecule has 0 aliphatic rings. The molecule has 0 aliphatic carbocycles. The number of carbonyl (C=O) groups excluding carboxylic acids is 1. The third-order valence-electron chi connectivity index (χ3n) is 4.57. The number of nitrogens with one attached hydrogen (secondary N) is 1. The van der Waals surface area contributed by atoms with Crippen molar-refractivity contribution in [3.63, 3.8) is 0 Å². The van der Waals surface area contributed by atoms with Gasteiger partial charge in [-0.15, -0.1) is 10.2 Å². The molecule has 4 aromatic rings. The van der Waals surface area contributed by atoms with Crippen LogP contribution >= 0.6 is 11.8 Å². The summed E-state index contributed by atoms with van der Waals surface area (Å²) in [6.07, 6.45) is 0. The molecule has 2 N–H and O–H groups in total. The van der Waals surface area contributed by atoms with Crippen molar-refractivity contribution in [2.24, 2.45) is 0 Å². The molecule has 4 rings (SSSR count). The molecule has 0 spiro atoms. The first kappa shape index (κ1) is 19.0. The summed E-state index contributed by atoms with van der Waals surface area (Å²) < 4.78 is 1.89. The number of thioether (sulfide) groups is 1. The van der Waals surface area contributed by atoms with Crippen LogP contribution in [-0.2, 0) is 11.3 Å². The van der Waals surface area contributed by atoms with E-state index in [0.29, 0.717) is 23.1 Å². The van der Waals surface area contributed by atoms with Crippen molar-refractivity contribution in [2.45, 2.75) is 18.6 Å². The van der Waals surface area contributed by atoms with E-state index in [0.717, 1.165) is 16.5 Å². The molecule has 6 nitrogen and oxygen atoms in total. The highest BCUT2D eigenvalue weighted by Crippen LogP contribution is 2.30. The summed E-state index contributed by atoms with van der Waals surface area (Å²) in [4.78, 5) is 12.5. The molecule has 0 atom stereocenters. The van der Waals surface area contributed by atoms with Gasteiger partial charge < -0.3 is 15.0 Å². The van der Waals surface area contributed by atoms with Gasteiger partial charge in [0, 0.05) is 17.6 Å². The van der Waals surface area contributed by atoms with Crippen molar-refractivity contribution in [3.8, 4) is 17.1 Å². The summed E-state index contributed by atoms with van der Waals surface area (Å²) >= 11 is 1.32. The number of carbonyl (C=O) groups is 1. The van der Waals surface area contributed by atoms with Crippen molar-refractivity contribution in [2.75, 3.05) is 11.1 Å². The molecule has 1 amide bonds. The Hall–Kier alpha value is -3.32. The summed E-state index contributed by atoms with van der Waals surface area (Å²) in [7, 11) is 0. The lowest BCUT2D eigenvalue weighted by molar-refractivity contribution is -0.113. The Kier molecular flexibility index (Phi) is 5.48. The van der Waals surface area contributed by atoms with Crippen LogP contribution in [0.15, 0.2) is 71.9 Å². The maximum absolute atomic E-state index is 12.5. The molecule has 146 valence electrons. The molecule has 7 heteroatoms. The first-order chi connectivity index (χ1) is 14.2. The SMILES string of the molecule is CCn1c(SCC(=O)Nc2cccc3ccccc23)nnc1-c1ccccc1O. The Labute approximate surface area is 172 Å². The third kappa shape index (κ3) is 3.95. The van der Waals surface area contributed by atoms with E-state index in [1.165, 1.54) is 11.8 Å². The number of para-hydroxylation sites is 1. The van der Waals surface area contributed by atoms with Crippen LogP contribution in [0.25, 0.3) is 22.2 Å². The minimum absolute atomic E-state index is 0.110. The van der Waals surface area contributed by atoms with Crippen molar-refractivity contribution in [1.29, 1.82) is 0 Å². The minimum atomic E-state index is -0.110. The average molecular weight is 404 g/mol. The highest BCUT2D eigenvalue weighted by Gasteiger charge is 2.17. The summed E-state index contributed by atoms with van der Waals surface area (Å²) in [5.74, 6) is 0.839. The van der Waals surface area contributed by atoms with Gasteiger partial charge in [0.25, 0.3) is 0 Å². The van der Waals surface area contributed by atoms with E-state index in [1.54, 1.807) is 18.2 Å². The van der Waals surface area contributed by atoms with Gasteiger partial charge in [-0.3, -0.25) is 4.79 Å². The lowest BCUT2D eigenvalue weighted by Gasteiger charge is -2.10. The number of fused-ring (bicyclic) bond motifs is 1. The number of anilines is 1. The van der Waals surface area contributed by atoms with Crippen LogP contribution in [0, 0.1) is 0 Å². The number of aromatic hydroxyl groups is 1. The Morgan fingerprint density at radius 1 is 1.03 bits per heavy atom. The Morgan fingerprint density at radius 3 is 2.62 bits per heavy atom. The summed E-state index contributed by atoms with van der Waals surface area (Å²) in [5.41, 5.74) is 1.41. The van der Waals surface area contributed by atoms with E-state index in [2.05, 4.69) is 15.5 Å². The molecule has 3 aromatic carbocycles. The monoisotopic (exact) mass is 404 g/mol. The van der Waals surface area contributed by atoms with E-state index in [1.807, 2.05) is 60.0 Å². The van der Waals surface area contributed by atoms with Crippen molar-refractivity contribution < 1.29 is 9.90 Å². The molecular weight excluding hydrogens is 384 g/mol. The van der Waals surface area contributed by atoms with E-state index < -0.39 is 0 Å². The van der Waals surface area contributed by atoms with Gasteiger partial charge in [0.15, 0.2) is 11.0 Å². The standard InChI is InChI=1S/C22H20N4O2S/c1-2-26-21(17-11-5-6-13-19(17)27)24-25-22(26)29-14-20(28)23-18-12-7-9-15-8-3-4-10-16(15)18/h3-13,27H,2,14H2,1H3,(H,23,28). The fraction of sp³-hybridized carbons (Fsp3) is 0.136. The Balaban J connectivity index is 1.49. The fourth-order valence-electron chi connectivity index (χ4n) is 3.19. The van der Waals surface area contributed by atoms with Gasteiger partial charge in [-0.25, -0.2) is 0 Å². The van der Waals surface area contributed by atoms with Crippen LogP contribution in [0.2, 0.25) is 0 Å². The number of amides is 1. The number of phenolic OH excluding ortho intramolecular Hbond substituents is 1. The second kappa shape index (κ2) is 8.36. The predicted molar refractivity (Wildman–Crippen MR) is 116 cm³/mol.